The number of halogens is 5. The number of rotatable bonds is 4. The number of fused-ring (bicyclic) bond motifs is 1. The first kappa shape index (κ1) is 15.4. The Morgan fingerprint density at radius 1 is 1.35 bits per heavy atom. The van der Waals surface area contributed by atoms with Crippen molar-refractivity contribution < 1.29 is 13.2 Å². The average Bonchev–Trinajstić information content (AvgIpc) is 2.66. The highest BCUT2D eigenvalue weighted by Crippen LogP contribution is 2.28. The summed E-state index contributed by atoms with van der Waals surface area (Å²) < 4.78 is 38.5. The fourth-order valence-corrected chi connectivity index (χ4v) is 2.42. The largest absolute Gasteiger partial charge is 0.389 e. The fourth-order valence-electron chi connectivity index (χ4n) is 2.09. The molecule has 0 aliphatic rings. The Kier molecular flexibility index (Phi) is 4.49. The van der Waals surface area contributed by atoms with Crippen LogP contribution in [0, 0.1) is 0 Å². The second-order valence-corrected chi connectivity index (χ2v) is 5.68. The van der Waals surface area contributed by atoms with Gasteiger partial charge in [-0.2, -0.15) is 13.2 Å². The Balaban J connectivity index is 2.33. The van der Waals surface area contributed by atoms with Gasteiger partial charge >= 0.3 is 6.18 Å². The third kappa shape index (κ3) is 3.58. The second kappa shape index (κ2) is 5.82. The third-order valence-electron chi connectivity index (χ3n) is 2.94. The lowest BCUT2D eigenvalue weighted by Crippen LogP contribution is -2.11. The molecule has 0 aliphatic heterocycles. The molecule has 1 aromatic heterocycles. The molecular weight excluding hydrogens is 312 g/mol. The summed E-state index contributed by atoms with van der Waals surface area (Å²) in [6.07, 6.45) is -5.00. The number of hydrogen-bond acceptors (Lipinski definition) is 1. The van der Waals surface area contributed by atoms with E-state index in [0.29, 0.717) is 21.9 Å². The van der Waals surface area contributed by atoms with Crippen molar-refractivity contribution >= 4 is 34.2 Å². The van der Waals surface area contributed by atoms with Gasteiger partial charge in [-0.05, 0) is 31.5 Å². The molecule has 2 nitrogen and oxygen atoms in total. The van der Waals surface area contributed by atoms with Gasteiger partial charge in [-0.3, -0.25) is 0 Å². The van der Waals surface area contributed by atoms with Crippen molar-refractivity contribution in [2.45, 2.75) is 37.9 Å². The highest BCUT2D eigenvalue weighted by atomic mass is 35.5. The summed E-state index contributed by atoms with van der Waals surface area (Å²) in [7, 11) is 0. The molecule has 1 aromatic carbocycles. The summed E-state index contributed by atoms with van der Waals surface area (Å²) in [5.74, 6) is 0.561. The minimum Gasteiger partial charge on any atom is -0.327 e. The molecule has 0 saturated carbocycles. The molecule has 0 N–H and O–H groups in total. The van der Waals surface area contributed by atoms with E-state index in [1.807, 2.05) is 0 Å². The van der Waals surface area contributed by atoms with Crippen LogP contribution in [0.5, 0.6) is 0 Å². The lowest BCUT2D eigenvalue weighted by atomic mass is 10.2. The van der Waals surface area contributed by atoms with E-state index in [1.165, 1.54) is 0 Å². The zero-order valence-electron chi connectivity index (χ0n) is 10.7. The van der Waals surface area contributed by atoms with E-state index < -0.39 is 12.6 Å². The van der Waals surface area contributed by atoms with Gasteiger partial charge in [0, 0.05) is 18.0 Å². The molecule has 1 unspecified atom stereocenters. The number of benzene rings is 1. The predicted octanol–water partition coefficient (Wildman–Crippen LogP) is 5.33. The molecule has 1 atom stereocenters. The van der Waals surface area contributed by atoms with Gasteiger partial charge in [-0.1, -0.05) is 11.6 Å². The fraction of sp³-hybridized carbons (Fsp3) is 0.462. The summed E-state index contributed by atoms with van der Waals surface area (Å²) >= 11 is 12.0. The predicted molar refractivity (Wildman–Crippen MR) is 74.3 cm³/mol. The molecule has 0 spiro atoms. The SMILES string of the molecule is CC(Cl)c1nc2ccc(Cl)cc2n1CCCC(F)(F)F. The Morgan fingerprint density at radius 3 is 2.65 bits per heavy atom. The summed E-state index contributed by atoms with van der Waals surface area (Å²) in [6.45, 7) is 1.95. The highest BCUT2D eigenvalue weighted by molar-refractivity contribution is 6.31. The molecule has 0 aliphatic carbocycles. The molecule has 7 heteroatoms. The normalized spacial score (nSPS) is 13.9. The molecule has 0 radical (unpaired) electrons. The maximum absolute atomic E-state index is 12.2. The highest BCUT2D eigenvalue weighted by Gasteiger charge is 2.26. The molecular formula is C13H13Cl2F3N2. The molecule has 0 saturated heterocycles. The topological polar surface area (TPSA) is 17.8 Å². The number of aromatic nitrogens is 2. The number of nitrogens with zero attached hydrogens (tertiary/aromatic N) is 2. The standard InChI is InChI=1S/C13H13Cl2F3N2/c1-8(14)12-19-10-4-3-9(15)7-11(10)20(12)6-2-5-13(16,17)18/h3-4,7-8H,2,5-6H2,1H3. The van der Waals surface area contributed by atoms with Gasteiger partial charge in [0.1, 0.15) is 5.82 Å². The first-order valence-electron chi connectivity index (χ1n) is 6.14. The lowest BCUT2D eigenvalue weighted by Gasteiger charge is -2.11. The maximum atomic E-state index is 12.2. The van der Waals surface area contributed by atoms with E-state index in [0.717, 1.165) is 0 Å². The molecule has 2 rings (SSSR count). The van der Waals surface area contributed by atoms with Gasteiger partial charge in [0.2, 0.25) is 0 Å². The van der Waals surface area contributed by atoms with E-state index in [1.54, 1.807) is 29.7 Å². The first-order chi connectivity index (χ1) is 9.28. The van der Waals surface area contributed by atoms with Crippen LogP contribution in [0.4, 0.5) is 13.2 Å². The summed E-state index contributed by atoms with van der Waals surface area (Å²) in [6, 6.07) is 5.13. The van der Waals surface area contributed by atoms with Crippen LogP contribution in [0.3, 0.4) is 0 Å². The summed E-state index contributed by atoms with van der Waals surface area (Å²) in [5.41, 5.74) is 1.39. The Morgan fingerprint density at radius 2 is 2.05 bits per heavy atom. The van der Waals surface area contributed by atoms with Crippen molar-refractivity contribution in [3.8, 4) is 0 Å². The minimum absolute atomic E-state index is 0.0158. The van der Waals surface area contributed by atoms with Crippen LogP contribution in [0.1, 0.15) is 31.0 Å². The van der Waals surface area contributed by atoms with Crippen molar-refractivity contribution in [1.82, 2.24) is 9.55 Å². The Bertz CT molecular complexity index is 605. The molecule has 1 heterocycles. The monoisotopic (exact) mass is 324 g/mol. The van der Waals surface area contributed by atoms with Crippen molar-refractivity contribution in [3.05, 3.63) is 29.0 Å². The number of alkyl halides is 4. The Hall–Kier alpha value is -0.940. The van der Waals surface area contributed by atoms with E-state index in [9.17, 15) is 13.2 Å². The molecule has 0 amide bonds. The van der Waals surface area contributed by atoms with Gasteiger partial charge in [-0.25, -0.2) is 4.98 Å². The van der Waals surface area contributed by atoms with E-state index >= 15 is 0 Å². The summed E-state index contributed by atoms with van der Waals surface area (Å²) in [4.78, 5) is 4.36. The number of imidazole rings is 1. The van der Waals surface area contributed by atoms with Crippen LogP contribution in [0.2, 0.25) is 5.02 Å². The first-order valence-corrected chi connectivity index (χ1v) is 6.96. The van der Waals surface area contributed by atoms with E-state index in [4.69, 9.17) is 23.2 Å². The van der Waals surface area contributed by atoms with E-state index in [-0.39, 0.29) is 18.3 Å². The number of hydrogen-bond donors (Lipinski definition) is 0. The molecule has 2 aromatic rings. The zero-order valence-corrected chi connectivity index (χ0v) is 12.2. The van der Waals surface area contributed by atoms with Gasteiger partial charge in [-0.15, -0.1) is 11.6 Å². The average molecular weight is 325 g/mol. The lowest BCUT2D eigenvalue weighted by molar-refractivity contribution is -0.135. The quantitative estimate of drug-likeness (QED) is 0.695. The molecule has 0 bridgehead atoms. The van der Waals surface area contributed by atoms with Gasteiger partial charge < -0.3 is 4.57 Å². The van der Waals surface area contributed by atoms with Crippen LogP contribution in [-0.4, -0.2) is 15.7 Å². The van der Waals surface area contributed by atoms with Crippen molar-refractivity contribution in [2.75, 3.05) is 0 Å². The maximum Gasteiger partial charge on any atom is 0.389 e. The second-order valence-electron chi connectivity index (χ2n) is 4.59. The van der Waals surface area contributed by atoms with Crippen LogP contribution >= 0.6 is 23.2 Å². The van der Waals surface area contributed by atoms with Crippen molar-refractivity contribution in [3.63, 3.8) is 0 Å². The Labute approximate surface area is 124 Å². The van der Waals surface area contributed by atoms with E-state index in [2.05, 4.69) is 4.98 Å². The zero-order chi connectivity index (χ0) is 14.9. The molecule has 20 heavy (non-hydrogen) atoms. The molecule has 0 fully saturated rings. The van der Waals surface area contributed by atoms with Crippen LogP contribution in [0.15, 0.2) is 18.2 Å². The minimum atomic E-state index is -4.15. The van der Waals surface area contributed by atoms with Gasteiger partial charge in [0.05, 0.1) is 16.4 Å². The van der Waals surface area contributed by atoms with Crippen molar-refractivity contribution in [1.29, 1.82) is 0 Å². The molecule has 110 valence electrons. The van der Waals surface area contributed by atoms with Crippen LogP contribution < -0.4 is 0 Å². The van der Waals surface area contributed by atoms with Crippen LogP contribution in [0.25, 0.3) is 11.0 Å². The van der Waals surface area contributed by atoms with Crippen LogP contribution in [-0.2, 0) is 6.54 Å². The smallest absolute Gasteiger partial charge is 0.327 e. The van der Waals surface area contributed by atoms with Crippen molar-refractivity contribution in [2.24, 2.45) is 0 Å². The number of aryl methyl sites for hydroxylation is 1. The van der Waals surface area contributed by atoms with Gasteiger partial charge in [0.25, 0.3) is 0 Å². The summed E-state index contributed by atoms with van der Waals surface area (Å²) in [5, 5.41) is 0.135. The third-order valence-corrected chi connectivity index (χ3v) is 3.37. The van der Waals surface area contributed by atoms with Gasteiger partial charge in [0.15, 0.2) is 0 Å².